The molecule has 172 valence electrons. The van der Waals surface area contributed by atoms with Crippen LogP contribution in [0, 0.1) is 6.92 Å². The topological polar surface area (TPSA) is 85.2 Å². The lowest BCUT2D eigenvalue weighted by Crippen LogP contribution is -2.13. The number of amides is 2. The van der Waals surface area contributed by atoms with Gasteiger partial charge in [0.15, 0.2) is 0 Å². The van der Waals surface area contributed by atoms with Gasteiger partial charge < -0.3 is 19.9 Å². The first-order valence-corrected chi connectivity index (χ1v) is 10.9. The van der Waals surface area contributed by atoms with Gasteiger partial charge in [-0.2, -0.15) is 0 Å². The van der Waals surface area contributed by atoms with E-state index < -0.39 is 0 Å². The van der Waals surface area contributed by atoms with Crippen molar-refractivity contribution >= 4 is 34.8 Å². The van der Waals surface area contributed by atoms with Crippen LogP contribution < -0.4 is 15.4 Å². The van der Waals surface area contributed by atoms with Crippen LogP contribution in [-0.2, 0) is 6.54 Å². The third-order valence-electron chi connectivity index (χ3n) is 5.17. The van der Waals surface area contributed by atoms with Gasteiger partial charge in [0.25, 0.3) is 11.8 Å². The maximum Gasteiger partial charge on any atom is 0.275 e. The number of para-hydroxylation sites is 1. The molecule has 0 aliphatic heterocycles. The Morgan fingerprint density at radius 1 is 1.00 bits per heavy atom. The standard InChI is InChI=1S/C26H23ClN4O3/c1-17-7-12-22(21(27)13-17)30-26(33)23-15-31(16-28-23)14-18-8-10-19(11-9-18)29-25(32)20-5-3-4-6-24(20)34-2/h3-13,15-16H,14H2,1-2H3,(H,29,32)(H,30,33). The predicted molar refractivity (Wildman–Crippen MR) is 133 cm³/mol. The Balaban J connectivity index is 1.37. The summed E-state index contributed by atoms with van der Waals surface area (Å²) in [5.41, 5.74) is 3.96. The van der Waals surface area contributed by atoms with Gasteiger partial charge in [-0.15, -0.1) is 0 Å². The molecule has 34 heavy (non-hydrogen) atoms. The van der Waals surface area contributed by atoms with Crippen LogP contribution in [0.4, 0.5) is 11.4 Å². The predicted octanol–water partition coefficient (Wildman–Crippen LogP) is 5.41. The highest BCUT2D eigenvalue weighted by Crippen LogP contribution is 2.23. The number of carbonyl (C=O) groups is 2. The van der Waals surface area contributed by atoms with Gasteiger partial charge in [0.2, 0.25) is 0 Å². The highest BCUT2D eigenvalue weighted by molar-refractivity contribution is 6.34. The first-order chi connectivity index (χ1) is 16.4. The maximum absolute atomic E-state index is 12.6. The molecular formula is C26H23ClN4O3. The normalized spacial score (nSPS) is 10.6. The Bertz CT molecular complexity index is 1330. The fourth-order valence-corrected chi connectivity index (χ4v) is 3.69. The van der Waals surface area contributed by atoms with Gasteiger partial charge in [0.05, 0.1) is 29.7 Å². The van der Waals surface area contributed by atoms with Gasteiger partial charge >= 0.3 is 0 Å². The molecule has 0 aliphatic carbocycles. The van der Waals surface area contributed by atoms with E-state index in [9.17, 15) is 9.59 Å². The molecule has 0 radical (unpaired) electrons. The van der Waals surface area contributed by atoms with E-state index >= 15 is 0 Å². The summed E-state index contributed by atoms with van der Waals surface area (Å²) in [5.74, 6) is -0.0655. The largest absolute Gasteiger partial charge is 0.496 e. The molecule has 1 aromatic heterocycles. The van der Waals surface area contributed by atoms with Gasteiger partial charge in [0.1, 0.15) is 11.4 Å². The monoisotopic (exact) mass is 474 g/mol. The van der Waals surface area contributed by atoms with E-state index in [1.54, 1.807) is 42.9 Å². The molecule has 7 nitrogen and oxygen atoms in total. The molecule has 0 spiro atoms. The van der Waals surface area contributed by atoms with Gasteiger partial charge in [-0.25, -0.2) is 4.98 Å². The number of nitrogens with one attached hydrogen (secondary N) is 2. The minimum atomic E-state index is -0.334. The average Bonchev–Trinajstić information content (AvgIpc) is 3.30. The number of carbonyl (C=O) groups excluding carboxylic acids is 2. The van der Waals surface area contributed by atoms with E-state index in [1.807, 2.05) is 47.9 Å². The van der Waals surface area contributed by atoms with Crippen molar-refractivity contribution in [2.24, 2.45) is 0 Å². The molecule has 0 atom stereocenters. The van der Waals surface area contributed by atoms with E-state index in [4.69, 9.17) is 16.3 Å². The Morgan fingerprint density at radius 2 is 1.76 bits per heavy atom. The average molecular weight is 475 g/mol. The summed E-state index contributed by atoms with van der Waals surface area (Å²) < 4.78 is 7.06. The van der Waals surface area contributed by atoms with Crippen LogP contribution in [-0.4, -0.2) is 28.5 Å². The van der Waals surface area contributed by atoms with E-state index in [2.05, 4.69) is 15.6 Å². The number of methoxy groups -OCH3 is 1. The van der Waals surface area contributed by atoms with Crippen molar-refractivity contribution < 1.29 is 14.3 Å². The van der Waals surface area contributed by atoms with Crippen molar-refractivity contribution in [1.82, 2.24) is 9.55 Å². The minimum absolute atomic E-state index is 0.246. The molecule has 2 N–H and O–H groups in total. The highest BCUT2D eigenvalue weighted by atomic mass is 35.5. The summed E-state index contributed by atoms with van der Waals surface area (Å²) in [6, 6.07) is 20.0. The quantitative estimate of drug-likeness (QED) is 0.375. The molecule has 0 unspecified atom stereocenters. The summed E-state index contributed by atoms with van der Waals surface area (Å²) in [4.78, 5) is 29.3. The number of benzene rings is 3. The van der Waals surface area contributed by atoms with Gasteiger partial charge in [-0.05, 0) is 54.4 Å². The van der Waals surface area contributed by atoms with Crippen LogP contribution in [0.2, 0.25) is 5.02 Å². The molecule has 4 aromatic rings. The van der Waals surface area contributed by atoms with E-state index in [-0.39, 0.29) is 17.5 Å². The van der Waals surface area contributed by atoms with Crippen molar-refractivity contribution in [3.8, 4) is 5.75 Å². The Hall–Kier alpha value is -4.10. The number of ether oxygens (including phenoxy) is 1. The third-order valence-corrected chi connectivity index (χ3v) is 5.48. The molecule has 0 saturated heterocycles. The molecule has 0 bridgehead atoms. The van der Waals surface area contributed by atoms with Gasteiger partial charge in [0, 0.05) is 18.4 Å². The number of halogens is 1. The van der Waals surface area contributed by atoms with Crippen molar-refractivity contribution in [1.29, 1.82) is 0 Å². The first kappa shape index (κ1) is 23.1. The lowest BCUT2D eigenvalue weighted by molar-refractivity contribution is 0.101. The molecule has 1 heterocycles. The zero-order valence-electron chi connectivity index (χ0n) is 18.7. The number of rotatable bonds is 7. The minimum Gasteiger partial charge on any atom is -0.496 e. The van der Waals surface area contributed by atoms with Crippen molar-refractivity contribution in [3.63, 3.8) is 0 Å². The second kappa shape index (κ2) is 10.2. The maximum atomic E-state index is 12.6. The smallest absolute Gasteiger partial charge is 0.275 e. The SMILES string of the molecule is COc1ccccc1C(=O)Nc1ccc(Cn2cnc(C(=O)Nc3ccc(C)cc3Cl)c2)cc1. The molecule has 2 amide bonds. The summed E-state index contributed by atoms with van der Waals surface area (Å²) in [6.07, 6.45) is 3.28. The number of aromatic nitrogens is 2. The van der Waals surface area contributed by atoms with Crippen LogP contribution in [0.5, 0.6) is 5.75 Å². The van der Waals surface area contributed by atoms with Crippen LogP contribution in [0.25, 0.3) is 0 Å². The fraction of sp³-hybridized carbons (Fsp3) is 0.115. The fourth-order valence-electron chi connectivity index (χ4n) is 3.41. The van der Waals surface area contributed by atoms with E-state index in [0.717, 1.165) is 11.1 Å². The van der Waals surface area contributed by atoms with Crippen LogP contribution >= 0.6 is 11.6 Å². The van der Waals surface area contributed by atoms with Crippen LogP contribution in [0.15, 0.2) is 79.3 Å². The van der Waals surface area contributed by atoms with Crippen molar-refractivity contribution in [3.05, 3.63) is 107 Å². The van der Waals surface area contributed by atoms with Gasteiger partial charge in [-0.3, -0.25) is 9.59 Å². The molecule has 3 aromatic carbocycles. The molecule has 0 fully saturated rings. The number of aryl methyl sites for hydroxylation is 1. The number of nitrogens with zero attached hydrogens (tertiary/aromatic N) is 2. The lowest BCUT2D eigenvalue weighted by atomic mass is 10.1. The number of imidazole rings is 1. The van der Waals surface area contributed by atoms with E-state index in [0.29, 0.717) is 34.3 Å². The molecule has 8 heteroatoms. The lowest BCUT2D eigenvalue weighted by Gasteiger charge is -2.10. The molecule has 0 saturated carbocycles. The summed E-state index contributed by atoms with van der Waals surface area (Å²) in [5, 5.41) is 6.13. The van der Waals surface area contributed by atoms with Crippen LogP contribution in [0.1, 0.15) is 32.0 Å². The zero-order valence-corrected chi connectivity index (χ0v) is 19.5. The Kier molecular flexibility index (Phi) is 6.94. The number of hydrogen-bond donors (Lipinski definition) is 2. The third kappa shape index (κ3) is 5.44. The van der Waals surface area contributed by atoms with Gasteiger partial charge in [-0.1, -0.05) is 41.9 Å². The highest BCUT2D eigenvalue weighted by Gasteiger charge is 2.13. The van der Waals surface area contributed by atoms with Crippen molar-refractivity contribution in [2.45, 2.75) is 13.5 Å². The Labute approximate surface area is 202 Å². The second-order valence-electron chi connectivity index (χ2n) is 7.72. The summed E-state index contributed by atoms with van der Waals surface area (Å²) in [7, 11) is 1.53. The van der Waals surface area contributed by atoms with Crippen LogP contribution in [0.3, 0.4) is 0 Å². The zero-order chi connectivity index (χ0) is 24.1. The van der Waals surface area contributed by atoms with Crippen molar-refractivity contribution in [2.75, 3.05) is 17.7 Å². The molecular weight excluding hydrogens is 452 g/mol. The van der Waals surface area contributed by atoms with E-state index in [1.165, 1.54) is 7.11 Å². The first-order valence-electron chi connectivity index (χ1n) is 10.6. The summed E-state index contributed by atoms with van der Waals surface area (Å²) >= 11 is 6.19. The Morgan fingerprint density at radius 3 is 2.50 bits per heavy atom. The second-order valence-corrected chi connectivity index (χ2v) is 8.13. The summed E-state index contributed by atoms with van der Waals surface area (Å²) in [6.45, 7) is 2.45. The number of anilines is 2. The molecule has 0 aliphatic rings. The molecule has 4 rings (SSSR count). The number of hydrogen-bond acceptors (Lipinski definition) is 4.